The van der Waals surface area contributed by atoms with E-state index in [1.807, 2.05) is 0 Å². The van der Waals surface area contributed by atoms with Gasteiger partial charge in [0.1, 0.15) is 0 Å². The number of nitrogens with one attached hydrogen (secondary N) is 1. The molecule has 0 radical (unpaired) electrons. The topological polar surface area (TPSA) is 12.0 Å². The molecular weight excluding hydrogens is 712 g/mol. The molecule has 0 spiro atoms. The summed E-state index contributed by atoms with van der Waals surface area (Å²) in [7, 11) is 0. The van der Waals surface area contributed by atoms with Gasteiger partial charge in [0.15, 0.2) is 0 Å². The monoisotopic (exact) mass is 746 g/mol. The van der Waals surface area contributed by atoms with Crippen molar-refractivity contribution in [2.75, 3.05) is 3.30 Å². The maximum Gasteiger partial charge on any atom is -1.00 e. The molecule has 0 unspecified atom stereocenters. The standard InChI is InChI=1S/C13H9.C12H11Si.C10H14N.2ClH.Hf/c1-3-7-12-10(5-1)9-11-6-2-4-8-13(11)12;1-3-7-11(8-4-1)13-12-9-5-2-6-10-12;1-10(2,3)8-6-4-5-7-9(8)11;;;/h1-9H;1-10,13H;4-7,11H,1-3H3;2*1H;/q;;-1;;;+3/p-2. The molecule has 5 aromatic rings. The van der Waals surface area contributed by atoms with Crippen molar-refractivity contribution in [1.82, 2.24) is 0 Å². The Morgan fingerprint density at radius 3 is 1.48 bits per heavy atom. The third-order valence-corrected chi connectivity index (χ3v) is 34.7. The van der Waals surface area contributed by atoms with Gasteiger partial charge in [-0.05, 0) is 0 Å². The van der Waals surface area contributed by atoms with Crippen LogP contribution in [0.4, 0.5) is 5.69 Å². The van der Waals surface area contributed by atoms with Crippen LogP contribution < -0.4 is 38.5 Å². The summed E-state index contributed by atoms with van der Waals surface area (Å²) in [5, 5.41) is 3.12. The van der Waals surface area contributed by atoms with Crippen molar-refractivity contribution in [3.05, 3.63) is 150 Å². The Bertz CT molecular complexity index is 1470. The molecule has 1 aliphatic carbocycles. The second-order valence-electron chi connectivity index (χ2n) is 11.2. The fraction of sp³-hybridized carbons (Fsp3) is 0.143. The molecule has 0 aromatic heterocycles. The SMILES string of the molecule is CC(C)(C)c1ccccc1[NH][Hf+2]([CH]1c2ccccc2-c2ccccc21)[SiH](c1ccccc1)c1ccccc1.[Cl-].[Cl-]. The summed E-state index contributed by atoms with van der Waals surface area (Å²) in [5.74, 6) is -1.58. The van der Waals surface area contributed by atoms with Gasteiger partial charge in [0.25, 0.3) is 0 Å². The summed E-state index contributed by atoms with van der Waals surface area (Å²) in [6.45, 7) is 7.01. The normalized spacial score (nSPS) is 12.1. The molecule has 0 bridgehead atoms. The molecule has 0 saturated heterocycles. The van der Waals surface area contributed by atoms with Crippen molar-refractivity contribution in [2.24, 2.45) is 0 Å². The Hall–Kier alpha value is -2.43. The van der Waals surface area contributed by atoms with Crippen LogP contribution in [0.1, 0.15) is 41.1 Å². The molecular formula is C35H34Cl2HfNSi. The van der Waals surface area contributed by atoms with E-state index in [2.05, 4.69) is 158 Å². The molecule has 0 atom stereocenters. The number of hydrogen-bond donors (Lipinski definition) is 1. The van der Waals surface area contributed by atoms with Gasteiger partial charge in [0, 0.05) is 0 Å². The van der Waals surface area contributed by atoms with Crippen LogP contribution in [0, 0.1) is 0 Å². The first-order chi connectivity index (χ1) is 18.5. The van der Waals surface area contributed by atoms with Crippen molar-refractivity contribution in [3.63, 3.8) is 0 Å². The van der Waals surface area contributed by atoms with E-state index < -0.39 is 26.9 Å². The maximum absolute atomic E-state index is 4.45. The van der Waals surface area contributed by atoms with Gasteiger partial charge in [-0.2, -0.15) is 0 Å². The van der Waals surface area contributed by atoms with E-state index in [0.717, 1.165) is 0 Å². The molecule has 1 aliphatic rings. The van der Waals surface area contributed by atoms with Crippen LogP contribution in [0.15, 0.2) is 133 Å². The van der Waals surface area contributed by atoms with Crippen LogP contribution in [0.3, 0.4) is 0 Å². The molecule has 201 valence electrons. The van der Waals surface area contributed by atoms with E-state index in [9.17, 15) is 0 Å². The van der Waals surface area contributed by atoms with E-state index in [4.69, 9.17) is 0 Å². The first-order valence-corrected chi connectivity index (χ1v) is 25.4. The molecule has 6 rings (SSSR count). The summed E-state index contributed by atoms with van der Waals surface area (Å²) >= 11 is -2.83. The number of para-hydroxylation sites is 1. The number of anilines is 1. The van der Waals surface area contributed by atoms with Crippen molar-refractivity contribution < 1.29 is 45.7 Å². The summed E-state index contributed by atoms with van der Waals surface area (Å²) < 4.78 is 4.92. The molecule has 0 fully saturated rings. The Morgan fingerprint density at radius 1 is 0.550 bits per heavy atom. The minimum Gasteiger partial charge on any atom is -1.00 e. The van der Waals surface area contributed by atoms with Gasteiger partial charge in [-0.15, -0.1) is 0 Å². The molecule has 40 heavy (non-hydrogen) atoms. The number of benzene rings is 5. The van der Waals surface area contributed by atoms with Crippen LogP contribution >= 0.6 is 0 Å². The molecule has 0 aliphatic heterocycles. The fourth-order valence-corrected chi connectivity index (χ4v) is 36.7. The van der Waals surface area contributed by atoms with Crippen molar-refractivity contribution >= 4 is 22.0 Å². The number of fused-ring (bicyclic) bond motifs is 3. The smallest absolute Gasteiger partial charge is 1.00 e. The van der Waals surface area contributed by atoms with Gasteiger partial charge in [0.05, 0.1) is 0 Å². The van der Waals surface area contributed by atoms with Crippen LogP contribution in [0.5, 0.6) is 0 Å². The first kappa shape index (κ1) is 30.5. The minimum absolute atomic E-state index is 0. The van der Waals surface area contributed by atoms with Crippen LogP contribution in [-0.2, 0) is 26.3 Å². The average Bonchev–Trinajstić information content (AvgIpc) is 3.28. The Labute approximate surface area is 260 Å². The van der Waals surface area contributed by atoms with Crippen LogP contribution in [0.2, 0.25) is 0 Å². The number of hydrogen-bond acceptors (Lipinski definition) is 1. The van der Waals surface area contributed by atoms with Gasteiger partial charge in [-0.25, -0.2) is 0 Å². The fourth-order valence-electron chi connectivity index (χ4n) is 6.05. The second kappa shape index (κ2) is 13.0. The van der Waals surface area contributed by atoms with Crippen molar-refractivity contribution in [3.8, 4) is 11.1 Å². The van der Waals surface area contributed by atoms with E-state index in [1.54, 1.807) is 10.4 Å². The number of rotatable bonds is 6. The summed E-state index contributed by atoms with van der Waals surface area (Å²) in [6.07, 6.45) is 0. The van der Waals surface area contributed by atoms with Gasteiger partial charge >= 0.3 is 237 Å². The predicted molar refractivity (Wildman–Crippen MR) is 162 cm³/mol. The van der Waals surface area contributed by atoms with E-state index in [0.29, 0.717) is 3.67 Å². The quantitative estimate of drug-likeness (QED) is 0.259. The predicted octanol–water partition coefficient (Wildman–Crippen LogP) is 1.25. The third kappa shape index (κ3) is 5.94. The maximum atomic E-state index is 4.45. The number of halogens is 2. The summed E-state index contributed by atoms with van der Waals surface area (Å²) in [5.41, 5.74) is 8.74. The third-order valence-electron chi connectivity index (χ3n) is 7.74. The Balaban J connectivity index is 0.00000185. The molecule has 0 saturated carbocycles. The molecule has 0 heterocycles. The van der Waals surface area contributed by atoms with E-state index in [1.165, 1.54) is 33.5 Å². The summed E-state index contributed by atoms with van der Waals surface area (Å²) in [6, 6.07) is 50.3. The zero-order valence-corrected chi connectivity index (χ0v) is 29.4. The summed E-state index contributed by atoms with van der Waals surface area (Å²) in [4.78, 5) is 0. The second-order valence-corrected chi connectivity index (χ2v) is 31.0. The molecule has 0 amide bonds. The van der Waals surface area contributed by atoms with Crippen molar-refractivity contribution in [2.45, 2.75) is 29.9 Å². The largest absolute Gasteiger partial charge is 1.00 e. The van der Waals surface area contributed by atoms with E-state index in [-0.39, 0.29) is 30.2 Å². The zero-order valence-electron chi connectivity index (χ0n) is 23.1. The molecule has 5 heteroatoms. The first-order valence-electron chi connectivity index (χ1n) is 13.5. The van der Waals surface area contributed by atoms with Crippen LogP contribution in [0.25, 0.3) is 11.1 Å². The minimum atomic E-state index is -2.83. The van der Waals surface area contributed by atoms with Gasteiger partial charge in [-0.3, -0.25) is 0 Å². The van der Waals surface area contributed by atoms with Gasteiger partial charge < -0.3 is 24.8 Å². The Morgan fingerprint density at radius 2 is 0.975 bits per heavy atom. The molecule has 5 aromatic carbocycles. The zero-order chi connectivity index (χ0) is 26.1. The average molecular weight is 746 g/mol. The molecule has 1 N–H and O–H groups in total. The van der Waals surface area contributed by atoms with Crippen molar-refractivity contribution in [1.29, 1.82) is 0 Å². The van der Waals surface area contributed by atoms with Gasteiger partial charge in [0.2, 0.25) is 0 Å². The van der Waals surface area contributed by atoms with E-state index >= 15 is 0 Å². The Kier molecular flexibility index (Phi) is 9.95. The molecule has 1 nitrogen and oxygen atoms in total. The van der Waals surface area contributed by atoms with Gasteiger partial charge in [-0.1, -0.05) is 0 Å². The van der Waals surface area contributed by atoms with Crippen LogP contribution in [-0.4, -0.2) is 5.98 Å².